The summed E-state index contributed by atoms with van der Waals surface area (Å²) in [5.41, 5.74) is 3.24. The topological polar surface area (TPSA) is 64.3 Å². The minimum atomic E-state index is -0.817. The van der Waals surface area contributed by atoms with Gasteiger partial charge in [0.1, 0.15) is 0 Å². The number of hydrogen-bond acceptors (Lipinski definition) is 4. The van der Waals surface area contributed by atoms with Crippen molar-refractivity contribution in [2.45, 2.75) is 31.0 Å². The van der Waals surface area contributed by atoms with Crippen LogP contribution >= 0.6 is 11.8 Å². The molecular formula is C15H18N2O3S. The minimum Gasteiger partial charge on any atom is -0.481 e. The first-order valence-electron chi connectivity index (χ1n) is 7.06. The molecule has 1 aliphatic heterocycles. The number of ether oxygens (including phenoxy) is 1. The monoisotopic (exact) mass is 306 g/mol. The molecule has 1 aliphatic rings. The summed E-state index contributed by atoms with van der Waals surface area (Å²) < 4.78 is 7.67. The third-order valence-corrected chi connectivity index (χ3v) is 4.70. The van der Waals surface area contributed by atoms with Crippen LogP contribution in [0.5, 0.6) is 0 Å². The Morgan fingerprint density at radius 2 is 2.24 bits per heavy atom. The van der Waals surface area contributed by atoms with Gasteiger partial charge < -0.3 is 14.4 Å². The third kappa shape index (κ3) is 2.91. The van der Waals surface area contributed by atoms with Crippen LogP contribution in [0.4, 0.5) is 0 Å². The molecule has 2 heterocycles. The number of rotatable bonds is 4. The molecule has 2 aromatic rings. The molecule has 0 amide bonds. The van der Waals surface area contributed by atoms with E-state index in [1.165, 1.54) is 17.3 Å². The fourth-order valence-corrected chi connectivity index (χ4v) is 3.60. The van der Waals surface area contributed by atoms with Crippen LogP contribution in [0.2, 0.25) is 0 Å². The highest BCUT2D eigenvalue weighted by Gasteiger charge is 2.23. The lowest BCUT2D eigenvalue weighted by molar-refractivity contribution is -0.133. The smallest absolute Gasteiger partial charge is 0.313 e. The maximum Gasteiger partial charge on any atom is 0.313 e. The highest BCUT2D eigenvalue weighted by Crippen LogP contribution is 2.33. The number of nitrogens with zero attached hydrogens (tertiary/aromatic N) is 2. The lowest BCUT2D eigenvalue weighted by Crippen LogP contribution is -2.20. The number of para-hydroxylation sites is 1. The number of aromatic nitrogens is 2. The second kappa shape index (κ2) is 6.07. The number of fused-ring (bicyclic) bond motifs is 1. The van der Waals surface area contributed by atoms with Gasteiger partial charge in [-0.1, -0.05) is 23.9 Å². The van der Waals surface area contributed by atoms with Crippen molar-refractivity contribution < 1.29 is 14.6 Å². The normalized spacial score (nSPS) is 16.4. The van der Waals surface area contributed by atoms with Crippen LogP contribution in [0.3, 0.4) is 0 Å². The molecule has 6 heteroatoms. The standard InChI is InChI=1S/C15H18N2O3S/c1-10-3-2-4-12-14(10)17(11-5-7-20-8-6-11)15(16-12)21-9-13(18)19/h2-4,11H,5-9H2,1H3,(H,18,19). The number of aryl methyl sites for hydroxylation is 1. The first-order chi connectivity index (χ1) is 10.2. The van der Waals surface area contributed by atoms with Gasteiger partial charge in [0.25, 0.3) is 0 Å². The third-order valence-electron chi connectivity index (χ3n) is 3.76. The number of thioether (sulfide) groups is 1. The predicted octanol–water partition coefficient (Wildman–Crippen LogP) is 2.87. The Morgan fingerprint density at radius 1 is 1.48 bits per heavy atom. The Labute approximate surface area is 127 Å². The van der Waals surface area contributed by atoms with E-state index in [9.17, 15) is 4.79 Å². The summed E-state index contributed by atoms with van der Waals surface area (Å²) in [5, 5.41) is 9.73. The van der Waals surface area contributed by atoms with Crippen LogP contribution in [0.1, 0.15) is 24.4 Å². The van der Waals surface area contributed by atoms with Crippen molar-refractivity contribution in [1.82, 2.24) is 9.55 Å². The van der Waals surface area contributed by atoms with Crippen molar-refractivity contribution >= 4 is 28.8 Å². The average Bonchev–Trinajstić information content (AvgIpc) is 2.86. The lowest BCUT2D eigenvalue weighted by Gasteiger charge is -2.25. The van der Waals surface area contributed by atoms with Gasteiger partial charge in [-0.15, -0.1) is 0 Å². The van der Waals surface area contributed by atoms with Gasteiger partial charge in [-0.05, 0) is 31.4 Å². The minimum absolute atomic E-state index is 0.0333. The van der Waals surface area contributed by atoms with E-state index in [0.29, 0.717) is 6.04 Å². The summed E-state index contributed by atoms with van der Waals surface area (Å²) in [6, 6.07) is 6.39. The zero-order chi connectivity index (χ0) is 14.8. The molecule has 0 saturated carbocycles. The van der Waals surface area contributed by atoms with Crippen LogP contribution in [-0.2, 0) is 9.53 Å². The van der Waals surface area contributed by atoms with Crippen LogP contribution < -0.4 is 0 Å². The second-order valence-corrected chi connectivity index (χ2v) is 6.18. The highest BCUT2D eigenvalue weighted by atomic mass is 32.2. The Balaban J connectivity index is 2.07. The van der Waals surface area contributed by atoms with Crippen LogP contribution in [-0.4, -0.2) is 39.6 Å². The molecule has 0 unspecified atom stereocenters. The van der Waals surface area contributed by atoms with Crippen molar-refractivity contribution in [3.05, 3.63) is 23.8 Å². The molecule has 0 radical (unpaired) electrons. The molecule has 112 valence electrons. The summed E-state index contributed by atoms with van der Waals surface area (Å²) in [4.78, 5) is 15.5. The van der Waals surface area contributed by atoms with Gasteiger partial charge >= 0.3 is 5.97 Å². The molecular weight excluding hydrogens is 288 g/mol. The summed E-state index contributed by atoms with van der Waals surface area (Å²) in [5.74, 6) is -0.784. The van der Waals surface area contributed by atoms with E-state index in [2.05, 4.69) is 22.5 Å². The number of aliphatic carboxylic acids is 1. The van der Waals surface area contributed by atoms with Gasteiger partial charge in [0.2, 0.25) is 0 Å². The number of carboxylic acids is 1. The maximum absolute atomic E-state index is 10.9. The Bertz CT molecular complexity index is 662. The van der Waals surface area contributed by atoms with Gasteiger partial charge in [0, 0.05) is 19.3 Å². The quantitative estimate of drug-likeness (QED) is 0.880. The fourth-order valence-electron chi connectivity index (χ4n) is 2.81. The summed E-state index contributed by atoms with van der Waals surface area (Å²) in [6.07, 6.45) is 1.89. The van der Waals surface area contributed by atoms with E-state index in [1.54, 1.807) is 0 Å². The Kier molecular flexibility index (Phi) is 4.17. The highest BCUT2D eigenvalue weighted by molar-refractivity contribution is 7.99. The average molecular weight is 306 g/mol. The summed E-state index contributed by atoms with van der Waals surface area (Å²) >= 11 is 1.29. The largest absolute Gasteiger partial charge is 0.481 e. The van der Waals surface area contributed by atoms with E-state index < -0.39 is 5.97 Å². The van der Waals surface area contributed by atoms with E-state index in [-0.39, 0.29) is 5.75 Å². The van der Waals surface area contributed by atoms with Crippen molar-refractivity contribution in [2.75, 3.05) is 19.0 Å². The zero-order valence-corrected chi connectivity index (χ0v) is 12.7. The maximum atomic E-state index is 10.9. The molecule has 5 nitrogen and oxygen atoms in total. The van der Waals surface area contributed by atoms with Crippen molar-refractivity contribution in [1.29, 1.82) is 0 Å². The van der Waals surface area contributed by atoms with Gasteiger partial charge in [-0.3, -0.25) is 4.79 Å². The number of hydrogen-bond donors (Lipinski definition) is 1. The van der Waals surface area contributed by atoms with Crippen LogP contribution in [0.15, 0.2) is 23.4 Å². The number of imidazole rings is 1. The number of carbonyl (C=O) groups is 1. The molecule has 3 rings (SSSR count). The van der Waals surface area contributed by atoms with Crippen molar-refractivity contribution in [2.24, 2.45) is 0 Å². The predicted molar refractivity (Wildman–Crippen MR) is 81.9 cm³/mol. The molecule has 1 N–H and O–H groups in total. The van der Waals surface area contributed by atoms with Gasteiger partial charge in [-0.25, -0.2) is 4.98 Å². The van der Waals surface area contributed by atoms with E-state index in [1.807, 2.05) is 12.1 Å². The second-order valence-electron chi connectivity index (χ2n) is 5.23. The molecule has 0 spiro atoms. The molecule has 1 aromatic heterocycles. The molecule has 1 fully saturated rings. The van der Waals surface area contributed by atoms with E-state index in [4.69, 9.17) is 9.84 Å². The van der Waals surface area contributed by atoms with E-state index >= 15 is 0 Å². The number of benzene rings is 1. The van der Waals surface area contributed by atoms with Crippen LogP contribution in [0.25, 0.3) is 11.0 Å². The van der Waals surface area contributed by atoms with Gasteiger partial charge in [0.15, 0.2) is 5.16 Å². The summed E-state index contributed by atoms with van der Waals surface area (Å²) in [6.45, 7) is 3.57. The summed E-state index contributed by atoms with van der Waals surface area (Å²) in [7, 11) is 0. The zero-order valence-electron chi connectivity index (χ0n) is 11.9. The molecule has 21 heavy (non-hydrogen) atoms. The van der Waals surface area contributed by atoms with Gasteiger partial charge in [0.05, 0.1) is 16.8 Å². The first kappa shape index (κ1) is 14.4. The van der Waals surface area contributed by atoms with Crippen LogP contribution in [0, 0.1) is 6.92 Å². The molecule has 0 atom stereocenters. The molecule has 0 aliphatic carbocycles. The SMILES string of the molecule is Cc1cccc2nc(SCC(=O)O)n(C3CCOCC3)c12. The van der Waals surface area contributed by atoms with E-state index in [0.717, 1.165) is 42.2 Å². The van der Waals surface area contributed by atoms with Crippen molar-refractivity contribution in [3.63, 3.8) is 0 Å². The van der Waals surface area contributed by atoms with Gasteiger partial charge in [-0.2, -0.15) is 0 Å². The Hall–Kier alpha value is -1.53. The first-order valence-corrected chi connectivity index (χ1v) is 8.05. The molecule has 1 aromatic carbocycles. The van der Waals surface area contributed by atoms with Crippen molar-refractivity contribution in [3.8, 4) is 0 Å². The Morgan fingerprint density at radius 3 is 2.95 bits per heavy atom. The molecule has 0 bridgehead atoms. The number of carboxylic acid groups (broad SMARTS) is 1. The lowest BCUT2D eigenvalue weighted by atomic mass is 10.1. The molecule has 1 saturated heterocycles. The fraction of sp³-hybridized carbons (Fsp3) is 0.467.